The van der Waals surface area contributed by atoms with Crippen molar-refractivity contribution in [3.05, 3.63) is 11.5 Å². The number of fused-ring (bicyclic) bond motifs is 1. The molecule has 2 aromatic rings. The zero-order valence-electron chi connectivity index (χ0n) is 13.1. The molecule has 0 aliphatic heterocycles. The molecule has 5 heteroatoms. The SMILES string of the molecule is Cc1nn(C)c2c1nc(C(C)Cl)n2CCCCC(C)C. The molecule has 20 heavy (non-hydrogen) atoms. The molecule has 0 aliphatic rings. The minimum absolute atomic E-state index is 0.0769. The Labute approximate surface area is 126 Å². The lowest BCUT2D eigenvalue weighted by molar-refractivity contribution is 0.503. The molecule has 112 valence electrons. The second-order valence-corrected chi connectivity index (χ2v) is 6.66. The highest BCUT2D eigenvalue weighted by molar-refractivity contribution is 6.20. The van der Waals surface area contributed by atoms with Gasteiger partial charge in [-0.05, 0) is 26.2 Å². The predicted octanol–water partition coefficient (Wildman–Crippen LogP) is 4.20. The van der Waals surface area contributed by atoms with Gasteiger partial charge in [-0.2, -0.15) is 5.10 Å². The lowest BCUT2D eigenvalue weighted by Gasteiger charge is -2.11. The number of alkyl halides is 1. The summed E-state index contributed by atoms with van der Waals surface area (Å²) in [6, 6.07) is 0. The zero-order valence-corrected chi connectivity index (χ0v) is 13.9. The first-order chi connectivity index (χ1) is 9.41. The molecule has 0 spiro atoms. The van der Waals surface area contributed by atoms with Gasteiger partial charge in [0.1, 0.15) is 11.3 Å². The molecule has 0 bridgehead atoms. The first-order valence-corrected chi connectivity index (χ1v) is 7.89. The molecule has 1 unspecified atom stereocenters. The summed E-state index contributed by atoms with van der Waals surface area (Å²) < 4.78 is 4.16. The first kappa shape index (κ1) is 15.4. The lowest BCUT2D eigenvalue weighted by atomic mass is 10.1. The van der Waals surface area contributed by atoms with E-state index in [2.05, 4.69) is 23.5 Å². The number of hydrogen-bond acceptors (Lipinski definition) is 2. The van der Waals surface area contributed by atoms with Gasteiger partial charge >= 0.3 is 0 Å². The maximum absolute atomic E-state index is 6.29. The molecule has 2 aromatic heterocycles. The van der Waals surface area contributed by atoms with Crippen LogP contribution in [0.1, 0.15) is 56.9 Å². The van der Waals surface area contributed by atoms with Crippen molar-refractivity contribution in [2.24, 2.45) is 13.0 Å². The maximum atomic E-state index is 6.29. The monoisotopic (exact) mass is 296 g/mol. The van der Waals surface area contributed by atoms with E-state index in [9.17, 15) is 0 Å². The van der Waals surface area contributed by atoms with Crippen LogP contribution < -0.4 is 0 Å². The fourth-order valence-electron chi connectivity index (χ4n) is 2.70. The summed E-state index contributed by atoms with van der Waals surface area (Å²) in [6.07, 6.45) is 3.67. The molecule has 0 saturated heterocycles. The van der Waals surface area contributed by atoms with Crippen LogP contribution >= 0.6 is 11.6 Å². The molecule has 0 radical (unpaired) electrons. The number of imidazole rings is 1. The van der Waals surface area contributed by atoms with Crippen LogP contribution in [-0.2, 0) is 13.6 Å². The number of halogens is 1. The predicted molar refractivity (Wildman–Crippen MR) is 84.2 cm³/mol. The number of hydrogen-bond donors (Lipinski definition) is 0. The molecular formula is C15H25ClN4. The van der Waals surface area contributed by atoms with E-state index in [1.807, 2.05) is 25.6 Å². The van der Waals surface area contributed by atoms with Crippen molar-refractivity contribution in [2.75, 3.05) is 0 Å². The molecule has 0 amide bonds. The Bertz CT molecular complexity index is 580. The Morgan fingerprint density at radius 3 is 2.50 bits per heavy atom. The Morgan fingerprint density at radius 2 is 1.90 bits per heavy atom. The van der Waals surface area contributed by atoms with Crippen LogP contribution in [0.4, 0.5) is 0 Å². The summed E-state index contributed by atoms with van der Waals surface area (Å²) >= 11 is 6.29. The minimum Gasteiger partial charge on any atom is -0.312 e. The Morgan fingerprint density at radius 1 is 1.20 bits per heavy atom. The van der Waals surface area contributed by atoms with Crippen LogP contribution in [0.3, 0.4) is 0 Å². The lowest BCUT2D eigenvalue weighted by Crippen LogP contribution is -2.08. The van der Waals surface area contributed by atoms with Crippen LogP contribution in [0.15, 0.2) is 0 Å². The van der Waals surface area contributed by atoms with Gasteiger partial charge in [-0.3, -0.25) is 4.68 Å². The molecule has 0 aliphatic carbocycles. The average Bonchev–Trinajstić information content (AvgIpc) is 2.85. The molecule has 2 heterocycles. The molecule has 0 fully saturated rings. The largest absolute Gasteiger partial charge is 0.312 e. The molecule has 1 atom stereocenters. The third-order valence-electron chi connectivity index (χ3n) is 3.69. The standard InChI is InChI=1S/C15H25ClN4/c1-10(2)8-6-7-9-20-14(11(3)16)17-13-12(4)18-19(5)15(13)20/h10-11H,6-9H2,1-5H3. The van der Waals surface area contributed by atoms with E-state index in [0.717, 1.165) is 41.6 Å². The van der Waals surface area contributed by atoms with E-state index >= 15 is 0 Å². The smallest absolute Gasteiger partial charge is 0.158 e. The van der Waals surface area contributed by atoms with Crippen LogP contribution in [0, 0.1) is 12.8 Å². The molecule has 0 saturated carbocycles. The van der Waals surface area contributed by atoms with Crippen LogP contribution in [-0.4, -0.2) is 19.3 Å². The van der Waals surface area contributed by atoms with Gasteiger partial charge in [-0.25, -0.2) is 4.98 Å². The van der Waals surface area contributed by atoms with Gasteiger partial charge in [0, 0.05) is 13.6 Å². The van der Waals surface area contributed by atoms with Crippen LogP contribution in [0.2, 0.25) is 0 Å². The summed E-state index contributed by atoms with van der Waals surface area (Å²) in [5.41, 5.74) is 3.05. The Balaban J connectivity index is 2.26. The highest BCUT2D eigenvalue weighted by atomic mass is 35.5. The van der Waals surface area contributed by atoms with Crippen molar-refractivity contribution < 1.29 is 0 Å². The highest BCUT2D eigenvalue weighted by Crippen LogP contribution is 2.26. The molecule has 0 N–H and O–H groups in total. The van der Waals surface area contributed by atoms with Crippen LogP contribution in [0.5, 0.6) is 0 Å². The number of nitrogens with zero attached hydrogens (tertiary/aromatic N) is 4. The number of rotatable bonds is 6. The van der Waals surface area contributed by atoms with E-state index in [1.165, 1.54) is 12.8 Å². The van der Waals surface area contributed by atoms with Gasteiger partial charge in [-0.1, -0.05) is 26.7 Å². The van der Waals surface area contributed by atoms with Gasteiger partial charge in [0.05, 0.1) is 11.1 Å². The van der Waals surface area contributed by atoms with Crippen molar-refractivity contribution in [1.29, 1.82) is 0 Å². The first-order valence-electron chi connectivity index (χ1n) is 7.45. The van der Waals surface area contributed by atoms with Crippen molar-refractivity contribution in [2.45, 2.75) is 58.9 Å². The zero-order chi connectivity index (χ0) is 14.9. The molecular weight excluding hydrogens is 272 g/mol. The van der Waals surface area contributed by atoms with Gasteiger partial charge in [-0.15, -0.1) is 11.6 Å². The Kier molecular flexibility index (Phi) is 4.74. The summed E-state index contributed by atoms with van der Waals surface area (Å²) in [6.45, 7) is 9.49. The van der Waals surface area contributed by atoms with E-state index in [0.29, 0.717) is 0 Å². The summed E-state index contributed by atoms with van der Waals surface area (Å²) in [5, 5.41) is 4.38. The van der Waals surface area contributed by atoms with Crippen molar-refractivity contribution in [3.8, 4) is 0 Å². The topological polar surface area (TPSA) is 35.6 Å². The molecule has 4 nitrogen and oxygen atoms in total. The second kappa shape index (κ2) is 6.17. The van der Waals surface area contributed by atoms with E-state index in [-0.39, 0.29) is 5.38 Å². The Hall–Kier alpha value is -1.03. The number of unbranched alkanes of at least 4 members (excludes halogenated alkanes) is 1. The quantitative estimate of drug-likeness (QED) is 0.591. The van der Waals surface area contributed by atoms with Gasteiger partial charge in [0.25, 0.3) is 0 Å². The van der Waals surface area contributed by atoms with Gasteiger partial charge in [0.15, 0.2) is 5.65 Å². The van der Waals surface area contributed by atoms with Gasteiger partial charge in [0.2, 0.25) is 0 Å². The van der Waals surface area contributed by atoms with E-state index < -0.39 is 0 Å². The molecule has 0 aromatic carbocycles. The van der Waals surface area contributed by atoms with Crippen molar-refractivity contribution in [3.63, 3.8) is 0 Å². The van der Waals surface area contributed by atoms with Gasteiger partial charge < -0.3 is 4.57 Å². The second-order valence-electron chi connectivity index (χ2n) is 6.01. The van der Waals surface area contributed by atoms with E-state index in [4.69, 9.17) is 16.6 Å². The average molecular weight is 297 g/mol. The highest BCUT2D eigenvalue weighted by Gasteiger charge is 2.19. The summed E-state index contributed by atoms with van der Waals surface area (Å²) in [4.78, 5) is 4.69. The van der Waals surface area contributed by atoms with Crippen LogP contribution in [0.25, 0.3) is 11.2 Å². The van der Waals surface area contributed by atoms with Crippen molar-refractivity contribution in [1.82, 2.24) is 19.3 Å². The fourth-order valence-corrected chi connectivity index (χ4v) is 2.86. The maximum Gasteiger partial charge on any atom is 0.158 e. The number of aromatic nitrogens is 4. The fraction of sp³-hybridized carbons (Fsp3) is 0.733. The number of aryl methyl sites for hydroxylation is 3. The third kappa shape index (κ3) is 3.00. The summed E-state index contributed by atoms with van der Waals surface area (Å²) in [7, 11) is 1.98. The van der Waals surface area contributed by atoms with Crippen molar-refractivity contribution >= 4 is 22.8 Å². The minimum atomic E-state index is -0.0769. The third-order valence-corrected chi connectivity index (χ3v) is 3.88. The summed E-state index contributed by atoms with van der Waals surface area (Å²) in [5.74, 6) is 1.73. The van der Waals surface area contributed by atoms with E-state index in [1.54, 1.807) is 0 Å². The molecule has 2 rings (SSSR count). The normalized spacial score (nSPS) is 13.6.